The Hall–Kier alpha value is -2.24. The number of piperidine rings is 1. The summed E-state index contributed by atoms with van der Waals surface area (Å²) in [6, 6.07) is 5.87. The number of benzene rings is 1. The predicted molar refractivity (Wildman–Crippen MR) is 80.0 cm³/mol. The van der Waals surface area contributed by atoms with Gasteiger partial charge < -0.3 is 9.47 Å². The normalized spacial score (nSPS) is 16.0. The molecule has 0 N–H and O–H groups in total. The highest BCUT2D eigenvalue weighted by Crippen LogP contribution is 2.27. The van der Waals surface area contributed by atoms with E-state index in [2.05, 4.69) is 21.7 Å². The second kappa shape index (κ2) is 6.25. The molecule has 0 radical (unpaired) electrons. The van der Waals surface area contributed by atoms with Crippen molar-refractivity contribution in [3.8, 4) is 0 Å². The van der Waals surface area contributed by atoms with Crippen LogP contribution in [-0.4, -0.2) is 38.7 Å². The Morgan fingerprint density at radius 1 is 1.36 bits per heavy atom. The predicted octanol–water partition coefficient (Wildman–Crippen LogP) is 2.46. The number of halogens is 1. The third-order valence-corrected chi connectivity index (χ3v) is 4.21. The van der Waals surface area contributed by atoms with Crippen LogP contribution in [0.15, 0.2) is 30.6 Å². The van der Waals surface area contributed by atoms with Crippen molar-refractivity contribution in [2.24, 2.45) is 0 Å². The van der Waals surface area contributed by atoms with Gasteiger partial charge in [-0.05, 0) is 38.0 Å². The van der Waals surface area contributed by atoms with Crippen LogP contribution in [0.5, 0.6) is 0 Å². The first-order valence-electron chi connectivity index (χ1n) is 7.61. The molecule has 0 atom stereocenters. The lowest BCUT2D eigenvalue weighted by Gasteiger charge is -2.31. The van der Waals surface area contributed by atoms with Gasteiger partial charge in [0.15, 0.2) is 0 Å². The molecular weight excluding hydrogens is 283 g/mol. The van der Waals surface area contributed by atoms with Crippen LogP contribution in [0.25, 0.3) is 0 Å². The van der Waals surface area contributed by atoms with Crippen molar-refractivity contribution in [2.45, 2.75) is 32.2 Å². The lowest BCUT2D eigenvalue weighted by molar-refractivity contribution is 0.0709. The first kappa shape index (κ1) is 14.7. The second-order valence-electron chi connectivity index (χ2n) is 5.55. The average molecular weight is 302 g/mol. The molecule has 1 fully saturated rings. The summed E-state index contributed by atoms with van der Waals surface area (Å²) in [4.78, 5) is 14.2. The molecule has 0 saturated carbocycles. The van der Waals surface area contributed by atoms with Crippen LogP contribution >= 0.6 is 0 Å². The summed E-state index contributed by atoms with van der Waals surface area (Å²) in [5, 5.41) is 8.18. The summed E-state index contributed by atoms with van der Waals surface area (Å²) in [6.45, 7) is 4.24. The Kier molecular flexibility index (Phi) is 4.18. The van der Waals surface area contributed by atoms with E-state index in [-0.39, 0.29) is 11.7 Å². The van der Waals surface area contributed by atoms with Crippen molar-refractivity contribution in [2.75, 3.05) is 13.1 Å². The number of aromatic nitrogens is 3. The molecule has 0 bridgehead atoms. The minimum absolute atomic E-state index is 0.102. The lowest BCUT2D eigenvalue weighted by Crippen LogP contribution is -2.38. The smallest absolute Gasteiger partial charge is 0.253 e. The molecule has 2 aromatic rings. The zero-order valence-electron chi connectivity index (χ0n) is 12.6. The second-order valence-corrected chi connectivity index (χ2v) is 5.55. The van der Waals surface area contributed by atoms with Crippen LogP contribution in [0, 0.1) is 5.82 Å². The molecule has 1 aromatic carbocycles. The van der Waals surface area contributed by atoms with Gasteiger partial charge in [0, 0.05) is 31.1 Å². The van der Waals surface area contributed by atoms with E-state index in [4.69, 9.17) is 0 Å². The number of carbonyl (C=O) groups is 1. The summed E-state index contributed by atoms with van der Waals surface area (Å²) in [5.74, 6) is 0.853. The highest BCUT2D eigenvalue weighted by molar-refractivity contribution is 5.94. The zero-order chi connectivity index (χ0) is 15.5. The molecule has 3 rings (SSSR count). The third kappa shape index (κ3) is 2.86. The third-order valence-electron chi connectivity index (χ3n) is 4.21. The van der Waals surface area contributed by atoms with Crippen LogP contribution in [0.4, 0.5) is 4.39 Å². The minimum Gasteiger partial charge on any atom is -0.339 e. The van der Waals surface area contributed by atoms with Crippen LogP contribution < -0.4 is 0 Å². The number of hydrogen-bond acceptors (Lipinski definition) is 3. The first-order valence-corrected chi connectivity index (χ1v) is 7.61. The number of carbonyl (C=O) groups excluding carboxylic acids is 1. The highest BCUT2D eigenvalue weighted by Gasteiger charge is 2.27. The standard InChI is InChI=1S/C16H19FN4O/c1-2-20-11-18-19-15(20)12-6-8-21(9-7-12)16(22)13-4-3-5-14(17)10-13/h3-5,10-12H,2,6-9H2,1H3. The topological polar surface area (TPSA) is 51.0 Å². The quantitative estimate of drug-likeness (QED) is 0.875. The molecule has 1 amide bonds. The van der Waals surface area contributed by atoms with E-state index in [0.29, 0.717) is 24.6 Å². The van der Waals surface area contributed by atoms with E-state index in [1.165, 1.54) is 12.1 Å². The molecule has 2 heterocycles. The fourth-order valence-electron chi connectivity index (χ4n) is 2.97. The summed E-state index contributed by atoms with van der Waals surface area (Å²) in [6.07, 6.45) is 3.47. The van der Waals surface area contributed by atoms with Gasteiger partial charge in [-0.15, -0.1) is 10.2 Å². The van der Waals surface area contributed by atoms with E-state index < -0.39 is 0 Å². The van der Waals surface area contributed by atoms with Crippen molar-refractivity contribution in [1.29, 1.82) is 0 Å². The molecule has 22 heavy (non-hydrogen) atoms. The molecule has 6 heteroatoms. The molecule has 1 saturated heterocycles. The molecule has 5 nitrogen and oxygen atoms in total. The minimum atomic E-state index is -0.378. The van der Waals surface area contributed by atoms with Gasteiger partial charge in [-0.1, -0.05) is 6.07 Å². The number of nitrogens with zero attached hydrogens (tertiary/aromatic N) is 4. The molecule has 116 valence electrons. The van der Waals surface area contributed by atoms with E-state index in [0.717, 1.165) is 25.2 Å². The molecule has 1 aliphatic heterocycles. The Labute approximate surface area is 128 Å². The Bertz CT molecular complexity index is 662. The van der Waals surface area contributed by atoms with Gasteiger partial charge in [-0.2, -0.15) is 0 Å². The fraction of sp³-hybridized carbons (Fsp3) is 0.438. The van der Waals surface area contributed by atoms with E-state index in [1.54, 1.807) is 23.4 Å². The summed E-state index contributed by atoms with van der Waals surface area (Å²) in [7, 11) is 0. The van der Waals surface area contributed by atoms with Crippen LogP contribution in [-0.2, 0) is 6.54 Å². The fourth-order valence-corrected chi connectivity index (χ4v) is 2.97. The monoisotopic (exact) mass is 302 g/mol. The maximum Gasteiger partial charge on any atom is 0.253 e. The molecular formula is C16H19FN4O. The zero-order valence-corrected chi connectivity index (χ0v) is 12.6. The van der Waals surface area contributed by atoms with Gasteiger partial charge in [0.2, 0.25) is 0 Å². The van der Waals surface area contributed by atoms with Crippen molar-refractivity contribution in [3.63, 3.8) is 0 Å². The van der Waals surface area contributed by atoms with E-state index in [1.807, 2.05) is 0 Å². The average Bonchev–Trinajstić information content (AvgIpc) is 3.03. The maximum atomic E-state index is 13.2. The van der Waals surface area contributed by atoms with Gasteiger partial charge in [-0.25, -0.2) is 4.39 Å². The molecule has 1 aromatic heterocycles. The van der Waals surface area contributed by atoms with Crippen molar-refractivity contribution in [1.82, 2.24) is 19.7 Å². The van der Waals surface area contributed by atoms with Crippen LogP contribution in [0.1, 0.15) is 41.9 Å². The highest BCUT2D eigenvalue weighted by atomic mass is 19.1. The Morgan fingerprint density at radius 3 is 2.82 bits per heavy atom. The Balaban J connectivity index is 1.65. The number of rotatable bonds is 3. The van der Waals surface area contributed by atoms with Crippen LogP contribution in [0.2, 0.25) is 0 Å². The number of aryl methyl sites for hydroxylation is 1. The van der Waals surface area contributed by atoms with E-state index in [9.17, 15) is 9.18 Å². The Morgan fingerprint density at radius 2 is 2.14 bits per heavy atom. The summed E-state index contributed by atoms with van der Waals surface area (Å²) >= 11 is 0. The first-order chi connectivity index (χ1) is 10.7. The van der Waals surface area contributed by atoms with Crippen molar-refractivity contribution < 1.29 is 9.18 Å². The van der Waals surface area contributed by atoms with Gasteiger partial charge in [0.05, 0.1) is 0 Å². The number of likely N-dealkylation sites (tertiary alicyclic amines) is 1. The van der Waals surface area contributed by atoms with Gasteiger partial charge in [-0.3, -0.25) is 4.79 Å². The number of amides is 1. The van der Waals surface area contributed by atoms with Crippen molar-refractivity contribution >= 4 is 5.91 Å². The largest absolute Gasteiger partial charge is 0.339 e. The number of hydrogen-bond donors (Lipinski definition) is 0. The lowest BCUT2D eigenvalue weighted by atomic mass is 9.95. The van der Waals surface area contributed by atoms with Crippen molar-refractivity contribution in [3.05, 3.63) is 47.8 Å². The van der Waals surface area contributed by atoms with Gasteiger partial charge in [0.25, 0.3) is 5.91 Å². The van der Waals surface area contributed by atoms with E-state index >= 15 is 0 Å². The maximum absolute atomic E-state index is 13.2. The molecule has 0 unspecified atom stereocenters. The van der Waals surface area contributed by atoms with Crippen LogP contribution in [0.3, 0.4) is 0 Å². The summed E-state index contributed by atoms with van der Waals surface area (Å²) in [5.41, 5.74) is 0.412. The summed E-state index contributed by atoms with van der Waals surface area (Å²) < 4.78 is 15.3. The molecule has 0 aliphatic carbocycles. The van der Waals surface area contributed by atoms with Gasteiger partial charge in [0.1, 0.15) is 18.0 Å². The molecule has 0 spiro atoms. The SMILES string of the molecule is CCn1cnnc1C1CCN(C(=O)c2cccc(F)c2)CC1. The molecule has 1 aliphatic rings. The van der Waals surface area contributed by atoms with Gasteiger partial charge >= 0.3 is 0 Å².